The molecule has 0 fully saturated rings. The molecular weight excluding hydrogens is 334 g/mol. The highest BCUT2D eigenvalue weighted by Gasteiger charge is 2.23. The zero-order valence-electron chi connectivity index (χ0n) is 15.6. The Morgan fingerprint density at radius 1 is 0.962 bits per heavy atom. The highest BCUT2D eigenvalue weighted by molar-refractivity contribution is 5.79. The highest BCUT2D eigenvalue weighted by atomic mass is 16.5. The highest BCUT2D eigenvalue weighted by Crippen LogP contribution is 2.31. The molecule has 0 aliphatic heterocycles. The van der Waals surface area contributed by atoms with Crippen LogP contribution in [-0.4, -0.2) is 40.5 Å². The van der Waals surface area contributed by atoms with Crippen molar-refractivity contribution in [3.8, 4) is 17.2 Å². The minimum absolute atomic E-state index is 0.291. The maximum Gasteiger partial charge on any atom is 0.315 e. The van der Waals surface area contributed by atoms with E-state index < -0.39 is 5.92 Å². The quantitative estimate of drug-likeness (QED) is 0.692. The first-order valence-electron chi connectivity index (χ1n) is 8.39. The van der Waals surface area contributed by atoms with Crippen LogP contribution in [-0.2, 0) is 9.53 Å². The summed E-state index contributed by atoms with van der Waals surface area (Å²) in [6.07, 6.45) is 0. The van der Waals surface area contributed by atoms with Gasteiger partial charge in [-0.3, -0.25) is 4.79 Å². The van der Waals surface area contributed by atoms with Gasteiger partial charge in [0, 0.05) is 12.2 Å². The zero-order valence-corrected chi connectivity index (χ0v) is 15.6. The summed E-state index contributed by atoms with van der Waals surface area (Å²) in [6, 6.07) is 12.9. The summed E-state index contributed by atoms with van der Waals surface area (Å²) in [5.74, 6) is 1.20. The number of carbonyl (C=O) groups is 1. The lowest BCUT2D eigenvalue weighted by atomic mass is 9.98. The fourth-order valence-electron chi connectivity index (χ4n) is 2.58. The molecule has 140 valence electrons. The number of ether oxygens (including phenoxy) is 4. The van der Waals surface area contributed by atoms with Crippen LogP contribution in [0.5, 0.6) is 17.2 Å². The lowest BCUT2D eigenvalue weighted by molar-refractivity contribution is -0.144. The van der Waals surface area contributed by atoms with Crippen LogP contribution in [0.25, 0.3) is 0 Å². The average molecular weight is 359 g/mol. The molecule has 0 bridgehead atoms. The molecular formula is C20H25NO5. The van der Waals surface area contributed by atoms with Gasteiger partial charge in [0.15, 0.2) is 11.5 Å². The Morgan fingerprint density at radius 2 is 1.65 bits per heavy atom. The van der Waals surface area contributed by atoms with Gasteiger partial charge in [-0.2, -0.15) is 0 Å². The van der Waals surface area contributed by atoms with E-state index in [0.717, 1.165) is 17.0 Å². The number of nitrogens with one attached hydrogen (secondary N) is 1. The van der Waals surface area contributed by atoms with Crippen LogP contribution in [0.4, 0.5) is 5.69 Å². The second kappa shape index (κ2) is 9.56. The molecule has 6 heteroatoms. The maximum atomic E-state index is 12.5. The Balaban J connectivity index is 2.21. The molecule has 2 rings (SSSR count). The van der Waals surface area contributed by atoms with Crippen molar-refractivity contribution in [2.24, 2.45) is 0 Å². The third kappa shape index (κ3) is 4.81. The van der Waals surface area contributed by atoms with Gasteiger partial charge in [-0.15, -0.1) is 0 Å². The summed E-state index contributed by atoms with van der Waals surface area (Å²) in [5, 5.41) is 3.27. The number of methoxy groups -OCH3 is 3. The molecule has 2 aromatic rings. The van der Waals surface area contributed by atoms with Crippen molar-refractivity contribution >= 4 is 11.7 Å². The molecule has 0 aromatic heterocycles. The summed E-state index contributed by atoms with van der Waals surface area (Å²) in [4.78, 5) is 12.5. The fourth-order valence-corrected chi connectivity index (χ4v) is 2.58. The number of benzene rings is 2. The Kier molecular flexibility index (Phi) is 7.14. The molecule has 6 nitrogen and oxygen atoms in total. The molecule has 26 heavy (non-hydrogen) atoms. The average Bonchev–Trinajstić information content (AvgIpc) is 2.68. The van der Waals surface area contributed by atoms with Gasteiger partial charge in [0.05, 0.1) is 33.9 Å². The van der Waals surface area contributed by atoms with E-state index in [1.54, 1.807) is 40.4 Å². The number of esters is 1. The molecule has 0 amide bonds. The molecule has 0 radical (unpaired) electrons. The Morgan fingerprint density at radius 3 is 2.23 bits per heavy atom. The summed E-state index contributed by atoms with van der Waals surface area (Å²) in [5.41, 5.74) is 1.68. The fraction of sp³-hybridized carbons (Fsp3) is 0.350. The molecule has 2 aromatic carbocycles. The van der Waals surface area contributed by atoms with Crippen molar-refractivity contribution in [2.45, 2.75) is 12.8 Å². The van der Waals surface area contributed by atoms with Gasteiger partial charge < -0.3 is 24.3 Å². The van der Waals surface area contributed by atoms with Crippen molar-refractivity contribution in [1.82, 2.24) is 0 Å². The predicted octanol–water partition coefficient (Wildman–Crippen LogP) is 3.47. The molecule has 0 saturated carbocycles. The largest absolute Gasteiger partial charge is 0.497 e. The standard InChI is InChI=1S/C20H25NO5/c1-5-26-20(22)17(13-21-15-7-9-16(23-2)10-8-15)14-6-11-18(24-3)19(12-14)25-4/h6-12,17,21H,5,13H2,1-4H3. The third-order valence-corrected chi connectivity index (χ3v) is 3.98. The number of anilines is 1. The SMILES string of the molecule is CCOC(=O)C(CNc1ccc(OC)cc1)c1ccc(OC)c(OC)c1. The van der Waals surface area contributed by atoms with Crippen LogP contribution in [0.2, 0.25) is 0 Å². The number of carbonyl (C=O) groups excluding carboxylic acids is 1. The Labute approximate surface area is 154 Å². The molecule has 0 aliphatic rings. The first kappa shape index (κ1) is 19.4. The second-order valence-electron chi connectivity index (χ2n) is 5.53. The summed E-state index contributed by atoms with van der Waals surface area (Å²) >= 11 is 0. The van der Waals surface area contributed by atoms with E-state index >= 15 is 0 Å². The third-order valence-electron chi connectivity index (χ3n) is 3.98. The van der Waals surface area contributed by atoms with Crippen molar-refractivity contribution in [3.05, 3.63) is 48.0 Å². The van der Waals surface area contributed by atoms with E-state index in [4.69, 9.17) is 18.9 Å². The molecule has 1 atom stereocenters. The van der Waals surface area contributed by atoms with Crippen LogP contribution in [0.15, 0.2) is 42.5 Å². The minimum Gasteiger partial charge on any atom is -0.497 e. The van der Waals surface area contributed by atoms with E-state index in [0.29, 0.717) is 24.7 Å². The number of hydrogen-bond donors (Lipinski definition) is 1. The zero-order chi connectivity index (χ0) is 18.9. The van der Waals surface area contributed by atoms with Gasteiger partial charge >= 0.3 is 5.97 Å². The van der Waals surface area contributed by atoms with Crippen LogP contribution >= 0.6 is 0 Å². The van der Waals surface area contributed by atoms with Gasteiger partial charge in [0.2, 0.25) is 0 Å². The summed E-state index contributed by atoms with van der Waals surface area (Å²) in [7, 11) is 4.76. The first-order valence-corrected chi connectivity index (χ1v) is 8.39. The lowest BCUT2D eigenvalue weighted by Gasteiger charge is -2.19. The van der Waals surface area contributed by atoms with E-state index in [1.807, 2.05) is 30.3 Å². The van der Waals surface area contributed by atoms with E-state index in [2.05, 4.69) is 5.32 Å². The number of rotatable bonds is 9. The molecule has 0 heterocycles. The minimum atomic E-state index is -0.475. The Bertz CT molecular complexity index is 715. The van der Waals surface area contributed by atoms with E-state index in [1.165, 1.54) is 0 Å². The topological polar surface area (TPSA) is 66.0 Å². The van der Waals surface area contributed by atoms with Crippen LogP contribution in [0.3, 0.4) is 0 Å². The summed E-state index contributed by atoms with van der Waals surface area (Å²) in [6.45, 7) is 2.51. The van der Waals surface area contributed by atoms with E-state index in [9.17, 15) is 4.79 Å². The molecule has 1 unspecified atom stereocenters. The van der Waals surface area contributed by atoms with Crippen molar-refractivity contribution < 1.29 is 23.7 Å². The van der Waals surface area contributed by atoms with Gasteiger partial charge in [-0.25, -0.2) is 0 Å². The van der Waals surface area contributed by atoms with Crippen LogP contribution in [0, 0.1) is 0 Å². The van der Waals surface area contributed by atoms with Gasteiger partial charge in [-0.1, -0.05) is 6.07 Å². The Hall–Kier alpha value is -2.89. The number of hydrogen-bond acceptors (Lipinski definition) is 6. The first-order chi connectivity index (χ1) is 12.6. The van der Waals surface area contributed by atoms with Crippen LogP contribution < -0.4 is 19.5 Å². The van der Waals surface area contributed by atoms with Crippen molar-refractivity contribution in [2.75, 3.05) is 39.8 Å². The smallest absolute Gasteiger partial charge is 0.315 e. The van der Waals surface area contributed by atoms with Crippen LogP contribution in [0.1, 0.15) is 18.4 Å². The maximum absolute atomic E-state index is 12.5. The van der Waals surface area contributed by atoms with Gasteiger partial charge in [-0.05, 0) is 48.9 Å². The molecule has 1 N–H and O–H groups in total. The predicted molar refractivity (Wildman–Crippen MR) is 100 cm³/mol. The van der Waals surface area contributed by atoms with Gasteiger partial charge in [0.1, 0.15) is 5.75 Å². The summed E-state index contributed by atoms with van der Waals surface area (Å²) < 4.78 is 21.0. The van der Waals surface area contributed by atoms with Crippen molar-refractivity contribution in [3.63, 3.8) is 0 Å². The normalized spacial score (nSPS) is 11.4. The second-order valence-corrected chi connectivity index (χ2v) is 5.53. The van der Waals surface area contributed by atoms with Crippen molar-refractivity contribution in [1.29, 1.82) is 0 Å². The van der Waals surface area contributed by atoms with Gasteiger partial charge in [0.25, 0.3) is 0 Å². The monoisotopic (exact) mass is 359 g/mol. The molecule has 0 saturated heterocycles. The molecule has 0 aliphatic carbocycles. The lowest BCUT2D eigenvalue weighted by Crippen LogP contribution is -2.23. The molecule has 0 spiro atoms. The van der Waals surface area contributed by atoms with E-state index in [-0.39, 0.29) is 5.97 Å².